The third-order valence-corrected chi connectivity index (χ3v) is 14.8. The second-order valence-corrected chi connectivity index (χ2v) is 16.7. The first-order chi connectivity index (χ1) is 21.2. The minimum atomic E-state index is -2.60. The fourth-order valence-corrected chi connectivity index (χ4v) is 12.5. The smallest absolute Gasteiger partial charge is 0.157 e. The van der Waals surface area contributed by atoms with E-state index in [1.165, 1.54) is 118 Å². The van der Waals surface area contributed by atoms with Gasteiger partial charge in [0.2, 0.25) is 0 Å². The number of rotatable bonds is 24. The second kappa shape index (κ2) is 21.3. The number of hydrogen-bond acceptors (Lipinski definition) is 1. The van der Waals surface area contributed by atoms with Gasteiger partial charge in [-0.3, -0.25) is 0 Å². The SMILES string of the molecule is C=CC(C(O)CCCCCCCCCCCCCCCCCCC)[Si](c1ccccc1)(c1ccccc1)c1ccccc1. The van der Waals surface area contributed by atoms with Crippen LogP contribution in [0.3, 0.4) is 0 Å². The average Bonchev–Trinajstić information content (AvgIpc) is 3.06. The molecule has 0 bridgehead atoms. The number of unbranched alkanes of at least 4 members (excludes halogenated alkanes) is 16. The van der Waals surface area contributed by atoms with Crippen LogP contribution in [-0.2, 0) is 0 Å². The zero-order chi connectivity index (χ0) is 30.4. The first kappa shape index (κ1) is 35.1. The van der Waals surface area contributed by atoms with Crippen LogP contribution in [0.15, 0.2) is 104 Å². The van der Waals surface area contributed by atoms with Crippen molar-refractivity contribution in [2.45, 2.75) is 134 Å². The van der Waals surface area contributed by atoms with E-state index in [4.69, 9.17) is 0 Å². The van der Waals surface area contributed by atoms with Crippen LogP contribution in [0.5, 0.6) is 0 Å². The van der Waals surface area contributed by atoms with Crippen molar-refractivity contribution >= 4 is 23.6 Å². The molecular weight excluding hydrogens is 537 g/mol. The van der Waals surface area contributed by atoms with E-state index in [0.29, 0.717) is 0 Å². The Labute approximate surface area is 265 Å². The maximum atomic E-state index is 11.8. The van der Waals surface area contributed by atoms with Crippen LogP contribution >= 0.6 is 0 Å². The molecule has 3 aromatic rings. The largest absolute Gasteiger partial charge is 0.393 e. The molecule has 3 rings (SSSR count). The van der Waals surface area contributed by atoms with Gasteiger partial charge >= 0.3 is 0 Å². The summed E-state index contributed by atoms with van der Waals surface area (Å²) < 4.78 is 0. The van der Waals surface area contributed by atoms with Crippen LogP contribution in [0, 0.1) is 0 Å². The van der Waals surface area contributed by atoms with Crippen LogP contribution in [0.4, 0.5) is 0 Å². The summed E-state index contributed by atoms with van der Waals surface area (Å²) in [7, 11) is -2.60. The third-order valence-electron chi connectivity index (χ3n) is 9.46. The molecule has 2 atom stereocenters. The van der Waals surface area contributed by atoms with Crippen LogP contribution < -0.4 is 15.6 Å². The zero-order valence-corrected chi connectivity index (χ0v) is 28.3. The van der Waals surface area contributed by atoms with Gasteiger partial charge in [0, 0.05) is 5.54 Å². The lowest BCUT2D eigenvalue weighted by Gasteiger charge is -2.41. The number of benzene rings is 3. The summed E-state index contributed by atoms with van der Waals surface area (Å²) in [6.07, 6.45) is 25.8. The van der Waals surface area contributed by atoms with Crippen molar-refractivity contribution in [3.05, 3.63) is 104 Å². The third kappa shape index (κ3) is 11.2. The van der Waals surface area contributed by atoms with Gasteiger partial charge in [0.1, 0.15) is 0 Å². The van der Waals surface area contributed by atoms with Gasteiger partial charge in [0.15, 0.2) is 8.07 Å². The highest BCUT2D eigenvalue weighted by molar-refractivity contribution is 7.12. The summed E-state index contributed by atoms with van der Waals surface area (Å²) in [5, 5.41) is 15.8. The van der Waals surface area contributed by atoms with Gasteiger partial charge in [-0.15, -0.1) is 6.58 Å². The van der Waals surface area contributed by atoms with Gasteiger partial charge in [-0.05, 0) is 22.0 Å². The molecule has 0 spiro atoms. The van der Waals surface area contributed by atoms with Crippen LogP contribution in [-0.4, -0.2) is 19.3 Å². The topological polar surface area (TPSA) is 20.2 Å². The molecule has 0 saturated heterocycles. The molecule has 0 radical (unpaired) electrons. The molecule has 0 aliphatic carbocycles. The van der Waals surface area contributed by atoms with E-state index in [2.05, 4.69) is 111 Å². The van der Waals surface area contributed by atoms with E-state index >= 15 is 0 Å². The molecule has 0 aliphatic rings. The fraction of sp³-hybridized carbons (Fsp3) is 0.512. The molecule has 0 saturated carbocycles. The molecule has 234 valence electrons. The van der Waals surface area contributed by atoms with Crippen molar-refractivity contribution in [1.82, 2.24) is 0 Å². The lowest BCUT2D eigenvalue weighted by molar-refractivity contribution is 0.162. The quantitative estimate of drug-likeness (QED) is 0.0472. The summed E-state index contributed by atoms with van der Waals surface area (Å²) in [4.78, 5) is 0. The molecule has 2 heteroatoms. The molecule has 0 amide bonds. The summed E-state index contributed by atoms with van der Waals surface area (Å²) in [5.74, 6) is 0. The molecule has 0 aliphatic heterocycles. The molecule has 2 unspecified atom stereocenters. The number of aliphatic hydroxyl groups excluding tert-OH is 1. The average molecular weight is 597 g/mol. The molecule has 3 aromatic carbocycles. The molecule has 0 aromatic heterocycles. The second-order valence-electron chi connectivity index (χ2n) is 12.7. The molecule has 1 N–H and O–H groups in total. The highest BCUT2D eigenvalue weighted by Gasteiger charge is 2.47. The van der Waals surface area contributed by atoms with E-state index in [9.17, 15) is 5.11 Å². The fourth-order valence-electron chi connectivity index (χ4n) is 7.06. The Balaban J connectivity index is 1.45. The van der Waals surface area contributed by atoms with E-state index < -0.39 is 14.2 Å². The first-order valence-electron chi connectivity index (χ1n) is 17.7. The minimum absolute atomic E-state index is 0.0132. The van der Waals surface area contributed by atoms with Crippen molar-refractivity contribution in [3.63, 3.8) is 0 Å². The Morgan fingerprint density at radius 3 is 1.12 bits per heavy atom. The van der Waals surface area contributed by atoms with Gasteiger partial charge in [0.25, 0.3) is 0 Å². The van der Waals surface area contributed by atoms with Gasteiger partial charge in [-0.2, -0.15) is 0 Å². The van der Waals surface area contributed by atoms with Crippen LogP contribution in [0.25, 0.3) is 0 Å². The summed E-state index contributed by atoms with van der Waals surface area (Å²) in [6.45, 7) is 6.62. The molecule has 1 nitrogen and oxygen atoms in total. The van der Waals surface area contributed by atoms with Gasteiger partial charge in [0.05, 0.1) is 6.10 Å². The van der Waals surface area contributed by atoms with E-state index in [0.717, 1.165) is 12.8 Å². The van der Waals surface area contributed by atoms with Gasteiger partial charge < -0.3 is 5.11 Å². The standard InChI is InChI=1S/C41H60OSi/c1-3-5-6-7-8-9-10-11-12-13-14-15-16-17-18-19-29-36-40(42)41(4-2)43(37-30-23-20-24-31-37,38-32-25-21-26-33-38)39-34-27-22-28-35-39/h4,20-28,30-35,40-42H,2-3,5-19,29,36H2,1H3. The maximum Gasteiger partial charge on any atom is 0.157 e. The number of hydrogen-bond donors (Lipinski definition) is 1. The predicted octanol–water partition coefficient (Wildman–Crippen LogP) is 10.1. The lowest BCUT2D eigenvalue weighted by Crippen LogP contribution is -2.71. The van der Waals surface area contributed by atoms with Crippen molar-refractivity contribution in [3.8, 4) is 0 Å². The van der Waals surface area contributed by atoms with E-state index in [-0.39, 0.29) is 5.54 Å². The van der Waals surface area contributed by atoms with Gasteiger partial charge in [-0.1, -0.05) is 213 Å². The predicted molar refractivity (Wildman–Crippen MR) is 193 cm³/mol. The Hall–Kier alpha value is -2.42. The van der Waals surface area contributed by atoms with Gasteiger partial charge in [-0.25, -0.2) is 0 Å². The molecule has 0 fully saturated rings. The molecule has 43 heavy (non-hydrogen) atoms. The summed E-state index contributed by atoms with van der Waals surface area (Å²) >= 11 is 0. The summed E-state index contributed by atoms with van der Waals surface area (Å²) in [5.41, 5.74) is -0.0132. The van der Waals surface area contributed by atoms with E-state index in [1.54, 1.807) is 0 Å². The lowest BCUT2D eigenvalue weighted by atomic mass is 10.0. The van der Waals surface area contributed by atoms with E-state index in [1.807, 2.05) is 0 Å². The Kier molecular flexibility index (Phi) is 17.4. The van der Waals surface area contributed by atoms with Crippen molar-refractivity contribution in [2.75, 3.05) is 0 Å². The van der Waals surface area contributed by atoms with Crippen LogP contribution in [0.1, 0.15) is 122 Å². The zero-order valence-electron chi connectivity index (χ0n) is 27.3. The molecule has 0 heterocycles. The minimum Gasteiger partial charge on any atom is -0.393 e. The van der Waals surface area contributed by atoms with Crippen molar-refractivity contribution in [1.29, 1.82) is 0 Å². The van der Waals surface area contributed by atoms with Crippen LogP contribution in [0.2, 0.25) is 5.54 Å². The molecular formula is C41H60OSi. The monoisotopic (exact) mass is 596 g/mol. The Morgan fingerprint density at radius 1 is 0.512 bits per heavy atom. The highest BCUT2D eigenvalue weighted by atomic mass is 28.3. The number of aliphatic hydroxyl groups is 1. The normalized spacial score (nSPS) is 13.1. The first-order valence-corrected chi connectivity index (χ1v) is 19.8. The Bertz CT molecular complexity index is 984. The summed E-state index contributed by atoms with van der Waals surface area (Å²) in [6, 6.07) is 32.8. The van der Waals surface area contributed by atoms with Crippen molar-refractivity contribution < 1.29 is 5.11 Å². The highest BCUT2D eigenvalue weighted by Crippen LogP contribution is 2.30. The van der Waals surface area contributed by atoms with Crippen molar-refractivity contribution in [2.24, 2.45) is 0 Å². The Morgan fingerprint density at radius 2 is 0.814 bits per heavy atom. The maximum absolute atomic E-state index is 11.8.